The third kappa shape index (κ3) is 4.60. The molecule has 0 saturated carbocycles. The number of carbonyl (C=O) groups excluding carboxylic acids is 1. The first-order chi connectivity index (χ1) is 14.1. The van der Waals surface area contributed by atoms with Crippen LogP contribution in [-0.4, -0.2) is 40.4 Å². The monoisotopic (exact) mass is 395 g/mol. The van der Waals surface area contributed by atoms with Crippen LogP contribution in [0.25, 0.3) is 27.7 Å². The van der Waals surface area contributed by atoms with Crippen molar-refractivity contribution in [2.24, 2.45) is 0 Å². The molecule has 0 aliphatic heterocycles. The molecule has 1 amide bonds. The number of methoxy groups -OCH3 is 3. The number of hydrogen-bond donors (Lipinski definition) is 1. The highest BCUT2D eigenvalue weighted by Gasteiger charge is 2.15. The Morgan fingerprint density at radius 2 is 1.97 bits per heavy atom. The zero-order valence-corrected chi connectivity index (χ0v) is 17.1. The fraction of sp³-hybridized carbons (Fsp3) is 0.261. The van der Waals surface area contributed by atoms with E-state index < -0.39 is 0 Å². The number of rotatable bonds is 8. The SMILES string of the molecule is COCCNC(=O)/C=C(\C)c1cc2c(-c3cccc(OC)c3)coc2cc1OC. The summed E-state index contributed by atoms with van der Waals surface area (Å²) in [6, 6.07) is 11.6. The second-order valence-electron chi connectivity index (χ2n) is 6.54. The van der Waals surface area contributed by atoms with E-state index in [4.69, 9.17) is 18.6 Å². The number of furan rings is 1. The van der Waals surface area contributed by atoms with Gasteiger partial charge in [0.1, 0.15) is 17.1 Å². The highest BCUT2D eigenvalue weighted by Crippen LogP contribution is 2.38. The lowest BCUT2D eigenvalue weighted by molar-refractivity contribution is -0.116. The Bertz CT molecular complexity index is 1030. The van der Waals surface area contributed by atoms with Gasteiger partial charge >= 0.3 is 0 Å². The molecule has 152 valence electrons. The van der Waals surface area contributed by atoms with Crippen molar-refractivity contribution in [3.05, 3.63) is 54.3 Å². The van der Waals surface area contributed by atoms with E-state index in [0.717, 1.165) is 33.4 Å². The predicted octanol–water partition coefficient (Wildman–Crippen LogP) is 4.28. The molecule has 0 bridgehead atoms. The van der Waals surface area contributed by atoms with Crippen molar-refractivity contribution in [2.45, 2.75) is 6.92 Å². The van der Waals surface area contributed by atoms with Crippen LogP contribution in [0.4, 0.5) is 0 Å². The van der Waals surface area contributed by atoms with Crippen LogP contribution in [0.3, 0.4) is 0 Å². The number of carbonyl (C=O) groups is 1. The summed E-state index contributed by atoms with van der Waals surface area (Å²) in [6.45, 7) is 2.80. The number of hydrogen-bond acceptors (Lipinski definition) is 5. The van der Waals surface area contributed by atoms with Gasteiger partial charge < -0.3 is 23.9 Å². The Morgan fingerprint density at radius 3 is 2.69 bits per heavy atom. The van der Waals surface area contributed by atoms with Crippen LogP contribution in [-0.2, 0) is 9.53 Å². The van der Waals surface area contributed by atoms with Gasteiger partial charge in [-0.1, -0.05) is 12.1 Å². The molecule has 0 atom stereocenters. The molecule has 0 saturated heterocycles. The van der Waals surface area contributed by atoms with Crippen LogP contribution in [0.15, 0.2) is 53.2 Å². The van der Waals surface area contributed by atoms with Crippen molar-refractivity contribution < 1.29 is 23.4 Å². The Labute approximate surface area is 170 Å². The molecule has 0 fully saturated rings. The lowest BCUT2D eigenvalue weighted by Gasteiger charge is -2.10. The smallest absolute Gasteiger partial charge is 0.244 e. The molecule has 29 heavy (non-hydrogen) atoms. The zero-order chi connectivity index (χ0) is 20.8. The molecule has 1 heterocycles. The quantitative estimate of drug-likeness (QED) is 0.455. The van der Waals surface area contributed by atoms with Gasteiger partial charge in [-0.05, 0) is 36.3 Å². The highest BCUT2D eigenvalue weighted by molar-refractivity contribution is 6.00. The highest BCUT2D eigenvalue weighted by atomic mass is 16.5. The van der Waals surface area contributed by atoms with Gasteiger partial charge in [-0.2, -0.15) is 0 Å². The van der Waals surface area contributed by atoms with Crippen LogP contribution in [0.1, 0.15) is 12.5 Å². The van der Waals surface area contributed by atoms with Crippen LogP contribution < -0.4 is 14.8 Å². The molecule has 0 aliphatic carbocycles. The lowest BCUT2D eigenvalue weighted by Crippen LogP contribution is -2.25. The Morgan fingerprint density at radius 1 is 1.14 bits per heavy atom. The zero-order valence-electron chi connectivity index (χ0n) is 17.1. The van der Waals surface area contributed by atoms with Gasteiger partial charge in [-0.25, -0.2) is 0 Å². The van der Waals surface area contributed by atoms with Crippen molar-refractivity contribution in [2.75, 3.05) is 34.5 Å². The Kier molecular flexibility index (Phi) is 6.57. The minimum atomic E-state index is -0.179. The normalized spacial score (nSPS) is 11.5. The largest absolute Gasteiger partial charge is 0.497 e. The van der Waals surface area contributed by atoms with Crippen molar-refractivity contribution >= 4 is 22.4 Å². The molecular weight excluding hydrogens is 370 g/mol. The molecule has 1 aromatic heterocycles. The molecule has 2 aromatic carbocycles. The average molecular weight is 395 g/mol. The topological polar surface area (TPSA) is 69.9 Å². The van der Waals surface area contributed by atoms with Gasteiger partial charge in [-0.15, -0.1) is 0 Å². The summed E-state index contributed by atoms with van der Waals surface area (Å²) < 4.78 is 21.6. The maximum Gasteiger partial charge on any atom is 0.244 e. The molecule has 0 aliphatic rings. The molecule has 1 N–H and O–H groups in total. The number of nitrogens with one attached hydrogen (secondary N) is 1. The van der Waals surface area contributed by atoms with Crippen molar-refractivity contribution in [3.8, 4) is 22.6 Å². The van der Waals surface area contributed by atoms with Gasteiger partial charge in [0.05, 0.1) is 27.1 Å². The van der Waals surface area contributed by atoms with Gasteiger partial charge in [0.15, 0.2) is 0 Å². The summed E-state index contributed by atoms with van der Waals surface area (Å²) in [5.74, 6) is 1.23. The van der Waals surface area contributed by atoms with E-state index in [-0.39, 0.29) is 5.91 Å². The van der Waals surface area contributed by atoms with Crippen LogP contribution in [0.5, 0.6) is 11.5 Å². The van der Waals surface area contributed by atoms with E-state index in [1.165, 1.54) is 0 Å². The second-order valence-corrected chi connectivity index (χ2v) is 6.54. The molecule has 3 rings (SSSR count). The number of benzene rings is 2. The van der Waals surface area contributed by atoms with Crippen LogP contribution in [0, 0.1) is 0 Å². The summed E-state index contributed by atoms with van der Waals surface area (Å²) in [6.07, 6.45) is 3.28. The minimum Gasteiger partial charge on any atom is -0.497 e. The number of amides is 1. The van der Waals surface area contributed by atoms with E-state index in [1.54, 1.807) is 33.7 Å². The summed E-state index contributed by atoms with van der Waals surface area (Å²) in [7, 11) is 4.84. The number of fused-ring (bicyclic) bond motifs is 1. The minimum absolute atomic E-state index is 0.179. The molecule has 0 unspecified atom stereocenters. The molecule has 0 radical (unpaired) electrons. The van der Waals surface area contributed by atoms with Crippen molar-refractivity contribution in [3.63, 3.8) is 0 Å². The van der Waals surface area contributed by atoms with E-state index in [2.05, 4.69) is 5.32 Å². The van der Waals surface area contributed by atoms with Crippen LogP contribution in [0.2, 0.25) is 0 Å². The van der Waals surface area contributed by atoms with Gasteiger partial charge in [-0.3, -0.25) is 4.79 Å². The molecule has 0 spiro atoms. The van der Waals surface area contributed by atoms with Crippen molar-refractivity contribution in [1.82, 2.24) is 5.32 Å². The fourth-order valence-electron chi connectivity index (χ4n) is 3.15. The first-order valence-corrected chi connectivity index (χ1v) is 9.26. The van der Waals surface area contributed by atoms with Crippen LogP contribution >= 0.6 is 0 Å². The van der Waals surface area contributed by atoms with E-state index in [0.29, 0.717) is 24.5 Å². The molecule has 3 aromatic rings. The standard InChI is InChI=1S/C23H25NO5/c1-15(10-23(25)24-8-9-26-2)18-12-19-20(14-29-22(19)13-21(18)28-4)16-6-5-7-17(11-16)27-3/h5-7,10-14H,8-9H2,1-4H3,(H,24,25)/b15-10+. The van der Waals surface area contributed by atoms with E-state index in [1.807, 2.05) is 43.3 Å². The average Bonchev–Trinajstić information content (AvgIpc) is 3.15. The predicted molar refractivity (Wildman–Crippen MR) is 113 cm³/mol. The fourth-order valence-corrected chi connectivity index (χ4v) is 3.15. The maximum absolute atomic E-state index is 12.2. The molecule has 6 nitrogen and oxygen atoms in total. The summed E-state index contributed by atoms with van der Waals surface area (Å²) in [5, 5.41) is 3.72. The first-order valence-electron chi connectivity index (χ1n) is 9.26. The first kappa shape index (κ1) is 20.5. The number of ether oxygens (including phenoxy) is 3. The summed E-state index contributed by atoms with van der Waals surface area (Å²) >= 11 is 0. The van der Waals surface area contributed by atoms with Gasteiger partial charge in [0, 0.05) is 42.3 Å². The van der Waals surface area contributed by atoms with E-state index in [9.17, 15) is 4.79 Å². The summed E-state index contributed by atoms with van der Waals surface area (Å²) in [5.41, 5.74) is 4.25. The third-order valence-electron chi connectivity index (χ3n) is 4.65. The van der Waals surface area contributed by atoms with Gasteiger partial charge in [0.2, 0.25) is 5.91 Å². The Hall–Kier alpha value is -3.25. The lowest BCUT2D eigenvalue weighted by atomic mass is 9.99. The molecule has 6 heteroatoms. The second kappa shape index (κ2) is 9.30. The van der Waals surface area contributed by atoms with Crippen molar-refractivity contribution in [1.29, 1.82) is 0 Å². The third-order valence-corrected chi connectivity index (χ3v) is 4.65. The maximum atomic E-state index is 12.2. The molecular formula is C23H25NO5. The Balaban J connectivity index is 2.02. The summed E-state index contributed by atoms with van der Waals surface area (Å²) in [4.78, 5) is 12.2. The van der Waals surface area contributed by atoms with E-state index >= 15 is 0 Å². The van der Waals surface area contributed by atoms with Gasteiger partial charge in [0.25, 0.3) is 0 Å². The number of allylic oxidation sites excluding steroid dienone is 1.